The maximum Gasteiger partial charge on any atom is 0.236 e. The molecular formula is C10H20N2O2. The van der Waals surface area contributed by atoms with Gasteiger partial charge < -0.3 is 16.2 Å². The number of nitrogens with one attached hydrogen (secondary N) is 1. The van der Waals surface area contributed by atoms with Gasteiger partial charge in [0.2, 0.25) is 5.91 Å². The van der Waals surface area contributed by atoms with Crippen molar-refractivity contribution in [2.45, 2.75) is 44.7 Å². The van der Waals surface area contributed by atoms with Crippen molar-refractivity contribution in [1.82, 2.24) is 5.32 Å². The molecule has 4 heteroatoms. The summed E-state index contributed by atoms with van der Waals surface area (Å²) in [5.41, 5.74) is 5.47. The van der Waals surface area contributed by atoms with Crippen molar-refractivity contribution in [3.63, 3.8) is 0 Å². The van der Waals surface area contributed by atoms with Crippen LogP contribution in [-0.4, -0.2) is 29.7 Å². The third-order valence-corrected chi connectivity index (χ3v) is 2.88. The molecule has 1 aliphatic rings. The van der Waals surface area contributed by atoms with Gasteiger partial charge in [0.15, 0.2) is 0 Å². The van der Waals surface area contributed by atoms with Crippen LogP contribution in [-0.2, 0) is 4.79 Å². The minimum Gasteiger partial charge on any atom is -0.396 e. The van der Waals surface area contributed by atoms with E-state index in [9.17, 15) is 4.79 Å². The van der Waals surface area contributed by atoms with E-state index in [0.29, 0.717) is 0 Å². The molecule has 0 saturated heterocycles. The van der Waals surface area contributed by atoms with Gasteiger partial charge in [0.05, 0.1) is 6.04 Å². The molecule has 3 atom stereocenters. The second-order valence-corrected chi connectivity index (χ2v) is 4.13. The molecule has 0 aliphatic heterocycles. The van der Waals surface area contributed by atoms with Gasteiger partial charge in [0.25, 0.3) is 0 Å². The first-order valence-corrected chi connectivity index (χ1v) is 5.32. The molecule has 1 saturated carbocycles. The Kier molecular flexibility index (Phi) is 4.35. The van der Waals surface area contributed by atoms with E-state index in [1.54, 1.807) is 6.92 Å². The summed E-state index contributed by atoms with van der Waals surface area (Å²) in [6, 6.07) is -0.344. The summed E-state index contributed by atoms with van der Waals surface area (Å²) < 4.78 is 0. The third-order valence-electron chi connectivity index (χ3n) is 2.88. The highest BCUT2D eigenvalue weighted by Crippen LogP contribution is 2.23. The summed E-state index contributed by atoms with van der Waals surface area (Å²) in [6.45, 7) is 1.83. The van der Waals surface area contributed by atoms with E-state index in [0.717, 1.165) is 25.7 Å². The van der Waals surface area contributed by atoms with Crippen molar-refractivity contribution in [3.8, 4) is 0 Å². The van der Waals surface area contributed by atoms with Crippen molar-refractivity contribution in [2.75, 3.05) is 6.61 Å². The van der Waals surface area contributed by atoms with Crippen LogP contribution in [0.1, 0.15) is 32.6 Å². The van der Waals surface area contributed by atoms with Crippen molar-refractivity contribution in [2.24, 2.45) is 11.7 Å². The summed E-state index contributed by atoms with van der Waals surface area (Å²) in [4.78, 5) is 11.4. The van der Waals surface area contributed by atoms with E-state index in [1.165, 1.54) is 0 Å². The van der Waals surface area contributed by atoms with E-state index in [1.807, 2.05) is 0 Å². The standard InChI is InChI=1S/C10H20N2O2/c1-7(11)10(14)12-9-5-3-2-4-8(9)6-13/h7-9,13H,2-6,11H2,1H3,(H,12,14). The number of hydrogen-bond acceptors (Lipinski definition) is 3. The smallest absolute Gasteiger partial charge is 0.236 e. The van der Waals surface area contributed by atoms with Gasteiger partial charge in [-0.2, -0.15) is 0 Å². The van der Waals surface area contributed by atoms with Gasteiger partial charge in [-0.3, -0.25) is 4.79 Å². The van der Waals surface area contributed by atoms with E-state index < -0.39 is 6.04 Å². The SMILES string of the molecule is CC(N)C(=O)NC1CCCCC1CO. The predicted molar refractivity (Wildman–Crippen MR) is 54.6 cm³/mol. The summed E-state index contributed by atoms with van der Waals surface area (Å²) in [6.07, 6.45) is 4.24. The van der Waals surface area contributed by atoms with Crippen molar-refractivity contribution in [3.05, 3.63) is 0 Å². The van der Waals surface area contributed by atoms with Crippen LogP contribution in [0.25, 0.3) is 0 Å². The molecule has 14 heavy (non-hydrogen) atoms. The number of aliphatic hydroxyl groups is 1. The van der Waals surface area contributed by atoms with Gasteiger partial charge in [-0.1, -0.05) is 12.8 Å². The van der Waals surface area contributed by atoms with E-state index in [4.69, 9.17) is 10.8 Å². The Balaban J connectivity index is 2.44. The average molecular weight is 200 g/mol. The Bertz CT molecular complexity index is 195. The van der Waals surface area contributed by atoms with Crippen LogP contribution in [0.3, 0.4) is 0 Å². The molecule has 0 bridgehead atoms. The number of nitrogens with two attached hydrogens (primary N) is 1. The summed E-state index contributed by atoms with van der Waals surface area (Å²) in [5.74, 6) is 0.0989. The molecule has 1 aliphatic carbocycles. The van der Waals surface area contributed by atoms with Gasteiger partial charge in [-0.15, -0.1) is 0 Å². The topological polar surface area (TPSA) is 75.4 Å². The molecule has 3 unspecified atom stereocenters. The van der Waals surface area contributed by atoms with Crippen LogP contribution in [0.5, 0.6) is 0 Å². The highest BCUT2D eigenvalue weighted by molar-refractivity contribution is 5.81. The van der Waals surface area contributed by atoms with Crippen LogP contribution < -0.4 is 11.1 Å². The lowest BCUT2D eigenvalue weighted by atomic mass is 9.85. The first-order valence-electron chi connectivity index (χ1n) is 5.32. The van der Waals surface area contributed by atoms with Gasteiger partial charge >= 0.3 is 0 Å². The number of carbonyl (C=O) groups is 1. The molecule has 0 radical (unpaired) electrons. The van der Waals surface area contributed by atoms with Crippen molar-refractivity contribution >= 4 is 5.91 Å². The van der Waals surface area contributed by atoms with Crippen LogP contribution in [0.2, 0.25) is 0 Å². The van der Waals surface area contributed by atoms with Gasteiger partial charge in [0.1, 0.15) is 0 Å². The van der Waals surface area contributed by atoms with Crippen LogP contribution in [0, 0.1) is 5.92 Å². The number of amides is 1. The molecule has 1 rings (SSSR count). The summed E-state index contributed by atoms with van der Waals surface area (Å²) in [7, 11) is 0. The first-order chi connectivity index (χ1) is 6.65. The lowest BCUT2D eigenvalue weighted by molar-refractivity contribution is -0.123. The van der Waals surface area contributed by atoms with E-state index in [-0.39, 0.29) is 24.5 Å². The molecule has 0 aromatic heterocycles. The number of aliphatic hydroxyl groups excluding tert-OH is 1. The normalized spacial score (nSPS) is 29.6. The Labute approximate surface area is 84.9 Å². The Hall–Kier alpha value is -0.610. The fourth-order valence-corrected chi connectivity index (χ4v) is 1.93. The molecule has 1 amide bonds. The highest BCUT2D eigenvalue weighted by Gasteiger charge is 2.26. The minimum absolute atomic E-state index is 0.115. The molecule has 4 nitrogen and oxygen atoms in total. The van der Waals surface area contributed by atoms with Crippen LogP contribution in [0.15, 0.2) is 0 Å². The Morgan fingerprint density at radius 3 is 2.79 bits per heavy atom. The summed E-state index contributed by atoms with van der Waals surface area (Å²) in [5, 5.41) is 12.0. The van der Waals surface area contributed by atoms with Crippen molar-refractivity contribution in [1.29, 1.82) is 0 Å². The predicted octanol–water partition coefficient (Wildman–Crippen LogP) is 0.000900. The highest BCUT2D eigenvalue weighted by atomic mass is 16.3. The van der Waals surface area contributed by atoms with Crippen molar-refractivity contribution < 1.29 is 9.90 Å². The first kappa shape index (κ1) is 11.5. The Morgan fingerprint density at radius 2 is 2.21 bits per heavy atom. The molecule has 0 aromatic rings. The van der Waals surface area contributed by atoms with Crippen LogP contribution >= 0.6 is 0 Å². The average Bonchev–Trinajstić information content (AvgIpc) is 2.18. The molecule has 0 heterocycles. The Morgan fingerprint density at radius 1 is 1.57 bits per heavy atom. The summed E-state index contributed by atoms with van der Waals surface area (Å²) >= 11 is 0. The monoisotopic (exact) mass is 200 g/mol. The molecule has 1 fully saturated rings. The lowest BCUT2D eigenvalue weighted by Gasteiger charge is -2.31. The molecular weight excluding hydrogens is 180 g/mol. The quantitative estimate of drug-likeness (QED) is 0.600. The molecule has 82 valence electrons. The van der Waals surface area contributed by atoms with E-state index in [2.05, 4.69) is 5.32 Å². The zero-order valence-electron chi connectivity index (χ0n) is 8.70. The second-order valence-electron chi connectivity index (χ2n) is 4.13. The fourth-order valence-electron chi connectivity index (χ4n) is 1.93. The van der Waals surface area contributed by atoms with Crippen LogP contribution in [0.4, 0.5) is 0 Å². The third kappa shape index (κ3) is 2.96. The number of carbonyl (C=O) groups excluding carboxylic acids is 1. The number of hydrogen-bond donors (Lipinski definition) is 3. The zero-order valence-corrected chi connectivity index (χ0v) is 8.70. The molecule has 0 spiro atoms. The van der Waals surface area contributed by atoms with Gasteiger partial charge in [-0.05, 0) is 19.8 Å². The maximum absolute atomic E-state index is 11.4. The fraction of sp³-hybridized carbons (Fsp3) is 0.900. The zero-order chi connectivity index (χ0) is 10.6. The molecule has 0 aromatic carbocycles. The molecule has 4 N–H and O–H groups in total. The minimum atomic E-state index is -0.462. The maximum atomic E-state index is 11.4. The second kappa shape index (κ2) is 5.32. The van der Waals surface area contributed by atoms with Gasteiger partial charge in [-0.25, -0.2) is 0 Å². The largest absolute Gasteiger partial charge is 0.396 e. The lowest BCUT2D eigenvalue weighted by Crippen LogP contribution is -2.48. The number of rotatable bonds is 3. The van der Waals surface area contributed by atoms with E-state index >= 15 is 0 Å². The van der Waals surface area contributed by atoms with Gasteiger partial charge in [0, 0.05) is 18.6 Å².